The van der Waals surface area contributed by atoms with E-state index in [1.54, 1.807) is 12.1 Å². The maximum Gasteiger partial charge on any atom is 0.247 e. The van der Waals surface area contributed by atoms with Gasteiger partial charge in [0, 0.05) is 16.5 Å². The fourth-order valence-electron chi connectivity index (χ4n) is 1.18. The molecule has 0 saturated carbocycles. The number of benzene rings is 1. The van der Waals surface area contributed by atoms with Gasteiger partial charge in [0.25, 0.3) is 0 Å². The first kappa shape index (κ1) is 10.2. The van der Waals surface area contributed by atoms with Gasteiger partial charge in [0.15, 0.2) is 0 Å². The van der Waals surface area contributed by atoms with E-state index >= 15 is 0 Å². The highest BCUT2D eigenvalue weighted by atomic mass is 35.5. The molecule has 2 rings (SSSR count). The van der Waals surface area contributed by atoms with Gasteiger partial charge in [-0.1, -0.05) is 25.4 Å². The molecule has 0 aliphatic carbocycles. The van der Waals surface area contributed by atoms with Gasteiger partial charge in [0.05, 0.1) is 0 Å². The topological polar surface area (TPSA) is 38.9 Å². The van der Waals surface area contributed by atoms with E-state index in [-0.39, 0.29) is 5.92 Å². The predicted molar refractivity (Wildman–Crippen MR) is 58.8 cm³/mol. The normalized spacial score (nSPS) is 10.9. The Labute approximate surface area is 93.1 Å². The molecular formula is C11H11ClN2O. The van der Waals surface area contributed by atoms with Gasteiger partial charge in [0.1, 0.15) is 0 Å². The standard InChI is InChI=1S/C11H11ClN2O/c1-7(2)10-13-14-11(15-10)8-3-5-9(12)6-4-8/h3-7H,1-2H3. The molecule has 0 aliphatic rings. The van der Waals surface area contributed by atoms with E-state index in [0.29, 0.717) is 16.8 Å². The lowest BCUT2D eigenvalue weighted by molar-refractivity contribution is 0.481. The van der Waals surface area contributed by atoms with Crippen LogP contribution in [0.1, 0.15) is 25.7 Å². The summed E-state index contributed by atoms with van der Waals surface area (Å²) in [6.07, 6.45) is 0. The van der Waals surface area contributed by atoms with Crippen LogP contribution in [0.2, 0.25) is 5.02 Å². The molecule has 2 aromatic rings. The maximum atomic E-state index is 5.79. The zero-order valence-electron chi connectivity index (χ0n) is 8.57. The summed E-state index contributed by atoms with van der Waals surface area (Å²) in [4.78, 5) is 0. The fraction of sp³-hybridized carbons (Fsp3) is 0.273. The zero-order valence-corrected chi connectivity index (χ0v) is 9.32. The van der Waals surface area contributed by atoms with Gasteiger partial charge in [-0.2, -0.15) is 0 Å². The molecule has 0 aliphatic heterocycles. The average molecular weight is 223 g/mol. The van der Waals surface area contributed by atoms with Gasteiger partial charge in [0.2, 0.25) is 11.8 Å². The summed E-state index contributed by atoms with van der Waals surface area (Å²) < 4.78 is 5.51. The molecule has 0 N–H and O–H groups in total. The molecule has 1 aromatic carbocycles. The van der Waals surface area contributed by atoms with Crippen LogP contribution in [-0.2, 0) is 0 Å². The third-order valence-corrected chi connectivity index (χ3v) is 2.28. The van der Waals surface area contributed by atoms with Crippen molar-refractivity contribution in [2.75, 3.05) is 0 Å². The minimum atomic E-state index is 0.249. The minimum absolute atomic E-state index is 0.249. The van der Waals surface area contributed by atoms with Crippen molar-refractivity contribution in [3.05, 3.63) is 35.2 Å². The number of nitrogens with zero attached hydrogens (tertiary/aromatic N) is 2. The van der Waals surface area contributed by atoms with E-state index in [4.69, 9.17) is 16.0 Å². The third kappa shape index (κ3) is 2.18. The van der Waals surface area contributed by atoms with Crippen molar-refractivity contribution in [1.29, 1.82) is 0 Å². The second-order valence-corrected chi connectivity index (χ2v) is 4.04. The first-order valence-corrected chi connectivity index (χ1v) is 5.14. The largest absolute Gasteiger partial charge is 0.420 e. The molecule has 0 bridgehead atoms. The van der Waals surface area contributed by atoms with Gasteiger partial charge in [-0.05, 0) is 24.3 Å². The highest BCUT2D eigenvalue weighted by molar-refractivity contribution is 6.30. The smallest absolute Gasteiger partial charge is 0.247 e. The molecule has 3 nitrogen and oxygen atoms in total. The number of hydrogen-bond acceptors (Lipinski definition) is 3. The molecule has 0 unspecified atom stereocenters. The van der Waals surface area contributed by atoms with Crippen molar-refractivity contribution in [2.45, 2.75) is 19.8 Å². The first-order chi connectivity index (χ1) is 7.16. The lowest BCUT2D eigenvalue weighted by Crippen LogP contribution is -1.85. The van der Waals surface area contributed by atoms with Crippen molar-refractivity contribution >= 4 is 11.6 Å². The van der Waals surface area contributed by atoms with Gasteiger partial charge >= 0.3 is 0 Å². The van der Waals surface area contributed by atoms with Crippen molar-refractivity contribution in [1.82, 2.24) is 10.2 Å². The van der Waals surface area contributed by atoms with E-state index in [9.17, 15) is 0 Å². The molecule has 0 amide bonds. The van der Waals surface area contributed by atoms with E-state index in [2.05, 4.69) is 10.2 Å². The Morgan fingerprint density at radius 3 is 2.33 bits per heavy atom. The number of halogens is 1. The molecule has 1 aromatic heterocycles. The SMILES string of the molecule is CC(C)c1nnc(-c2ccc(Cl)cc2)o1. The van der Waals surface area contributed by atoms with Gasteiger partial charge in [-0.15, -0.1) is 10.2 Å². The minimum Gasteiger partial charge on any atom is -0.420 e. The van der Waals surface area contributed by atoms with Gasteiger partial charge < -0.3 is 4.42 Å². The van der Waals surface area contributed by atoms with Crippen LogP contribution in [0.5, 0.6) is 0 Å². The number of hydrogen-bond donors (Lipinski definition) is 0. The molecule has 4 heteroatoms. The average Bonchev–Trinajstić information content (AvgIpc) is 2.68. The summed E-state index contributed by atoms with van der Waals surface area (Å²) in [5.41, 5.74) is 0.888. The highest BCUT2D eigenvalue weighted by Gasteiger charge is 2.10. The van der Waals surface area contributed by atoms with Gasteiger partial charge in [-0.3, -0.25) is 0 Å². The van der Waals surface area contributed by atoms with Crippen LogP contribution in [0, 0.1) is 0 Å². The maximum absolute atomic E-state index is 5.79. The van der Waals surface area contributed by atoms with E-state index in [1.807, 2.05) is 26.0 Å². The molecular weight excluding hydrogens is 212 g/mol. The summed E-state index contributed by atoms with van der Waals surface area (Å²) in [7, 11) is 0. The molecule has 0 radical (unpaired) electrons. The quantitative estimate of drug-likeness (QED) is 0.781. The predicted octanol–water partition coefficient (Wildman–Crippen LogP) is 3.51. The monoisotopic (exact) mass is 222 g/mol. The van der Waals surface area contributed by atoms with Crippen molar-refractivity contribution in [2.24, 2.45) is 0 Å². The van der Waals surface area contributed by atoms with E-state index < -0.39 is 0 Å². The lowest BCUT2D eigenvalue weighted by Gasteiger charge is -1.96. The Balaban J connectivity index is 2.33. The highest BCUT2D eigenvalue weighted by Crippen LogP contribution is 2.22. The van der Waals surface area contributed by atoms with Crippen LogP contribution in [0.25, 0.3) is 11.5 Å². The van der Waals surface area contributed by atoms with Crippen LogP contribution >= 0.6 is 11.6 Å². The van der Waals surface area contributed by atoms with E-state index in [0.717, 1.165) is 5.56 Å². The Morgan fingerprint density at radius 2 is 1.80 bits per heavy atom. The van der Waals surface area contributed by atoms with Crippen LogP contribution in [0.4, 0.5) is 0 Å². The van der Waals surface area contributed by atoms with Crippen LogP contribution in [0.3, 0.4) is 0 Å². The number of aromatic nitrogens is 2. The summed E-state index contributed by atoms with van der Waals surface area (Å²) >= 11 is 5.79. The fourth-order valence-corrected chi connectivity index (χ4v) is 1.30. The van der Waals surface area contributed by atoms with Crippen LogP contribution in [0.15, 0.2) is 28.7 Å². The second kappa shape index (κ2) is 4.03. The third-order valence-electron chi connectivity index (χ3n) is 2.03. The van der Waals surface area contributed by atoms with Crippen LogP contribution in [-0.4, -0.2) is 10.2 Å². The molecule has 0 fully saturated rings. The van der Waals surface area contributed by atoms with Gasteiger partial charge in [-0.25, -0.2) is 0 Å². The van der Waals surface area contributed by atoms with Crippen molar-refractivity contribution < 1.29 is 4.42 Å². The lowest BCUT2D eigenvalue weighted by atomic mass is 10.2. The molecule has 78 valence electrons. The molecule has 1 heterocycles. The molecule has 0 spiro atoms. The Kier molecular flexibility index (Phi) is 2.73. The summed E-state index contributed by atoms with van der Waals surface area (Å²) in [6.45, 7) is 4.03. The summed E-state index contributed by atoms with van der Waals surface area (Å²) in [5.74, 6) is 1.44. The second-order valence-electron chi connectivity index (χ2n) is 3.61. The van der Waals surface area contributed by atoms with E-state index in [1.165, 1.54) is 0 Å². The molecule has 15 heavy (non-hydrogen) atoms. The Hall–Kier alpha value is -1.35. The zero-order chi connectivity index (χ0) is 10.8. The van der Waals surface area contributed by atoms with Crippen LogP contribution < -0.4 is 0 Å². The summed E-state index contributed by atoms with van der Waals surface area (Å²) in [5, 5.41) is 8.64. The van der Waals surface area contributed by atoms with Crippen molar-refractivity contribution in [3.63, 3.8) is 0 Å². The van der Waals surface area contributed by atoms with Crippen molar-refractivity contribution in [3.8, 4) is 11.5 Å². The molecule has 0 saturated heterocycles. The molecule has 0 atom stereocenters. The number of rotatable bonds is 2. The Bertz CT molecular complexity index is 448. The first-order valence-electron chi connectivity index (χ1n) is 4.76. The Morgan fingerprint density at radius 1 is 1.13 bits per heavy atom. The summed E-state index contributed by atoms with van der Waals surface area (Å²) in [6, 6.07) is 7.33.